The van der Waals surface area contributed by atoms with Gasteiger partial charge in [-0.2, -0.15) is 13.2 Å². The highest BCUT2D eigenvalue weighted by Gasteiger charge is 2.53. The summed E-state index contributed by atoms with van der Waals surface area (Å²) in [7, 11) is 0. The molecule has 0 radical (unpaired) electrons. The molecule has 0 saturated carbocycles. The Morgan fingerprint density at radius 1 is 1.29 bits per heavy atom. The SMILES string of the molecule is O=C(O)[C@@H]1CN(C(=O)N[C@@H]2CCCOC2)C[C@H]1C(F)(F)F. The minimum atomic E-state index is -4.63. The summed E-state index contributed by atoms with van der Waals surface area (Å²) in [5.41, 5.74) is 0. The molecular weight excluding hydrogens is 293 g/mol. The Bertz CT molecular complexity index is 410. The van der Waals surface area contributed by atoms with Gasteiger partial charge in [-0.3, -0.25) is 4.79 Å². The topological polar surface area (TPSA) is 78.9 Å². The van der Waals surface area contributed by atoms with Crippen LogP contribution in [0.5, 0.6) is 0 Å². The number of urea groups is 1. The number of carboxylic acids is 1. The van der Waals surface area contributed by atoms with Crippen molar-refractivity contribution in [1.82, 2.24) is 10.2 Å². The molecule has 0 aromatic carbocycles. The third kappa shape index (κ3) is 3.78. The number of aliphatic carboxylic acids is 1. The standard InChI is InChI=1S/C12H17F3N2O4/c13-12(14,15)9-5-17(4-8(9)10(18)19)11(20)16-7-2-1-3-21-6-7/h7-9H,1-6H2,(H,16,20)(H,18,19)/t7-,8-,9-/m1/s1. The Hall–Kier alpha value is -1.51. The molecule has 2 fully saturated rings. The Morgan fingerprint density at radius 2 is 2.00 bits per heavy atom. The van der Waals surface area contributed by atoms with Gasteiger partial charge in [-0.15, -0.1) is 0 Å². The number of hydrogen-bond donors (Lipinski definition) is 2. The first-order valence-electron chi connectivity index (χ1n) is 6.71. The molecular formula is C12H17F3N2O4. The zero-order chi connectivity index (χ0) is 15.6. The molecule has 9 heteroatoms. The van der Waals surface area contributed by atoms with Crippen LogP contribution in [-0.2, 0) is 9.53 Å². The van der Waals surface area contributed by atoms with Crippen molar-refractivity contribution in [3.05, 3.63) is 0 Å². The quantitative estimate of drug-likeness (QED) is 0.800. The van der Waals surface area contributed by atoms with Crippen LogP contribution in [0.15, 0.2) is 0 Å². The normalized spacial score (nSPS) is 30.2. The summed E-state index contributed by atoms with van der Waals surface area (Å²) in [6, 6.07) is -0.900. The molecule has 0 aromatic rings. The first-order chi connectivity index (χ1) is 9.79. The lowest BCUT2D eigenvalue weighted by Gasteiger charge is -2.26. The van der Waals surface area contributed by atoms with Crippen LogP contribution in [0.4, 0.5) is 18.0 Å². The fourth-order valence-electron chi connectivity index (χ4n) is 2.67. The van der Waals surface area contributed by atoms with E-state index in [0.717, 1.165) is 11.3 Å². The number of nitrogens with zero attached hydrogens (tertiary/aromatic N) is 1. The summed E-state index contributed by atoms with van der Waals surface area (Å²) in [6.45, 7) is -0.128. The van der Waals surface area contributed by atoms with Gasteiger partial charge < -0.3 is 20.1 Å². The number of amides is 2. The van der Waals surface area contributed by atoms with E-state index in [9.17, 15) is 22.8 Å². The number of likely N-dealkylation sites (tertiary alicyclic amines) is 1. The maximum atomic E-state index is 12.8. The van der Waals surface area contributed by atoms with Gasteiger partial charge in [0, 0.05) is 19.7 Å². The first kappa shape index (κ1) is 15.9. The highest BCUT2D eigenvalue weighted by Crippen LogP contribution is 2.37. The van der Waals surface area contributed by atoms with E-state index in [2.05, 4.69) is 5.32 Å². The second-order valence-electron chi connectivity index (χ2n) is 5.36. The Morgan fingerprint density at radius 3 is 2.48 bits per heavy atom. The summed E-state index contributed by atoms with van der Waals surface area (Å²) in [5, 5.41) is 11.5. The third-order valence-electron chi connectivity index (χ3n) is 3.83. The lowest BCUT2D eigenvalue weighted by Crippen LogP contribution is -2.47. The van der Waals surface area contributed by atoms with Gasteiger partial charge >= 0.3 is 18.2 Å². The van der Waals surface area contributed by atoms with Crippen molar-refractivity contribution in [2.24, 2.45) is 11.8 Å². The van der Waals surface area contributed by atoms with Crippen molar-refractivity contribution in [3.8, 4) is 0 Å². The van der Waals surface area contributed by atoms with Crippen LogP contribution in [-0.4, -0.2) is 60.5 Å². The van der Waals surface area contributed by atoms with Crippen molar-refractivity contribution in [1.29, 1.82) is 0 Å². The second-order valence-corrected chi connectivity index (χ2v) is 5.36. The minimum absolute atomic E-state index is 0.237. The molecule has 2 heterocycles. The minimum Gasteiger partial charge on any atom is -0.481 e. The van der Waals surface area contributed by atoms with Gasteiger partial charge in [0.05, 0.1) is 24.5 Å². The molecule has 0 unspecified atom stereocenters. The Kier molecular flexibility index (Phi) is 4.60. The number of carbonyl (C=O) groups is 2. The smallest absolute Gasteiger partial charge is 0.394 e. The van der Waals surface area contributed by atoms with Crippen LogP contribution in [0.3, 0.4) is 0 Å². The molecule has 3 atom stereocenters. The van der Waals surface area contributed by atoms with Crippen molar-refractivity contribution in [2.75, 3.05) is 26.3 Å². The number of nitrogens with one attached hydrogen (secondary N) is 1. The van der Waals surface area contributed by atoms with Crippen molar-refractivity contribution >= 4 is 12.0 Å². The van der Waals surface area contributed by atoms with E-state index >= 15 is 0 Å². The molecule has 0 aliphatic carbocycles. The Balaban J connectivity index is 1.97. The maximum absolute atomic E-state index is 12.8. The molecule has 2 aliphatic rings. The number of carbonyl (C=O) groups excluding carboxylic acids is 1. The molecule has 21 heavy (non-hydrogen) atoms. The van der Waals surface area contributed by atoms with Crippen LogP contribution in [0.25, 0.3) is 0 Å². The highest BCUT2D eigenvalue weighted by molar-refractivity contribution is 5.78. The molecule has 0 bridgehead atoms. The van der Waals surface area contributed by atoms with Gasteiger partial charge in [0.1, 0.15) is 0 Å². The number of ether oxygens (including phenoxy) is 1. The number of alkyl halides is 3. The fraction of sp³-hybridized carbons (Fsp3) is 0.833. The monoisotopic (exact) mass is 310 g/mol. The van der Waals surface area contributed by atoms with Crippen LogP contribution < -0.4 is 5.32 Å². The van der Waals surface area contributed by atoms with Gasteiger partial charge in [-0.25, -0.2) is 4.79 Å². The van der Waals surface area contributed by atoms with Crippen molar-refractivity contribution in [3.63, 3.8) is 0 Å². The average Bonchev–Trinajstić information content (AvgIpc) is 2.85. The average molecular weight is 310 g/mol. The van der Waals surface area contributed by atoms with E-state index in [-0.39, 0.29) is 6.04 Å². The summed E-state index contributed by atoms with van der Waals surface area (Å²) in [4.78, 5) is 23.8. The van der Waals surface area contributed by atoms with Gasteiger partial charge in [0.25, 0.3) is 0 Å². The summed E-state index contributed by atoms with van der Waals surface area (Å²) >= 11 is 0. The van der Waals surface area contributed by atoms with E-state index < -0.39 is 43.1 Å². The van der Waals surface area contributed by atoms with Crippen LogP contribution in [0.2, 0.25) is 0 Å². The summed E-state index contributed by atoms with van der Waals surface area (Å²) in [6.07, 6.45) is -3.16. The number of rotatable bonds is 2. The lowest BCUT2D eigenvalue weighted by atomic mass is 9.96. The van der Waals surface area contributed by atoms with E-state index in [1.807, 2.05) is 0 Å². The van der Waals surface area contributed by atoms with Gasteiger partial charge in [0.2, 0.25) is 0 Å². The molecule has 2 saturated heterocycles. The van der Waals surface area contributed by atoms with Gasteiger partial charge in [0.15, 0.2) is 0 Å². The van der Waals surface area contributed by atoms with E-state index in [1.54, 1.807) is 0 Å². The highest BCUT2D eigenvalue weighted by atomic mass is 19.4. The van der Waals surface area contributed by atoms with Gasteiger partial charge in [-0.05, 0) is 12.8 Å². The van der Waals surface area contributed by atoms with E-state index in [4.69, 9.17) is 9.84 Å². The fourth-order valence-corrected chi connectivity index (χ4v) is 2.67. The molecule has 0 spiro atoms. The van der Waals surface area contributed by atoms with Crippen LogP contribution in [0, 0.1) is 11.8 Å². The predicted octanol–water partition coefficient (Wildman–Crippen LogP) is 1.07. The molecule has 2 aliphatic heterocycles. The van der Waals surface area contributed by atoms with Crippen molar-refractivity contribution in [2.45, 2.75) is 25.1 Å². The zero-order valence-corrected chi connectivity index (χ0v) is 11.2. The molecule has 0 aromatic heterocycles. The number of halogens is 3. The number of hydrogen-bond acceptors (Lipinski definition) is 3. The molecule has 6 nitrogen and oxygen atoms in total. The molecule has 120 valence electrons. The summed E-state index contributed by atoms with van der Waals surface area (Å²) in [5.74, 6) is -5.17. The second kappa shape index (κ2) is 6.08. The van der Waals surface area contributed by atoms with Crippen molar-refractivity contribution < 1.29 is 32.6 Å². The van der Waals surface area contributed by atoms with Crippen LogP contribution >= 0.6 is 0 Å². The third-order valence-corrected chi connectivity index (χ3v) is 3.83. The number of carboxylic acid groups (broad SMARTS) is 1. The van der Waals surface area contributed by atoms with E-state index in [0.29, 0.717) is 19.6 Å². The maximum Gasteiger partial charge on any atom is 0.394 e. The van der Waals surface area contributed by atoms with Crippen LogP contribution in [0.1, 0.15) is 12.8 Å². The molecule has 2 N–H and O–H groups in total. The molecule has 2 amide bonds. The first-order valence-corrected chi connectivity index (χ1v) is 6.71. The predicted molar refractivity (Wildman–Crippen MR) is 64.6 cm³/mol. The van der Waals surface area contributed by atoms with E-state index in [1.165, 1.54) is 0 Å². The lowest BCUT2D eigenvalue weighted by molar-refractivity contribution is -0.187. The summed E-state index contributed by atoms with van der Waals surface area (Å²) < 4.78 is 43.6. The zero-order valence-electron chi connectivity index (χ0n) is 11.2. The largest absolute Gasteiger partial charge is 0.481 e. The Labute approximate surface area is 119 Å². The molecule has 2 rings (SSSR count). The van der Waals surface area contributed by atoms with Gasteiger partial charge in [-0.1, -0.05) is 0 Å².